The summed E-state index contributed by atoms with van der Waals surface area (Å²) in [5.74, 6) is 0. The summed E-state index contributed by atoms with van der Waals surface area (Å²) in [7, 11) is 2.00. The van der Waals surface area contributed by atoms with E-state index in [9.17, 15) is 0 Å². The van der Waals surface area contributed by atoms with E-state index in [0.717, 1.165) is 26.2 Å². The van der Waals surface area contributed by atoms with Crippen molar-refractivity contribution in [2.24, 2.45) is 0 Å². The van der Waals surface area contributed by atoms with Crippen LogP contribution in [0.15, 0.2) is 6.07 Å². The first-order valence-corrected chi connectivity index (χ1v) is 6.48. The van der Waals surface area contributed by atoms with Crippen molar-refractivity contribution in [1.29, 1.82) is 0 Å². The molecule has 1 heterocycles. The van der Waals surface area contributed by atoms with Gasteiger partial charge in [-0.15, -0.1) is 11.3 Å². The summed E-state index contributed by atoms with van der Waals surface area (Å²) in [6.45, 7) is 11.0. The molecule has 0 aliphatic carbocycles. The van der Waals surface area contributed by atoms with E-state index in [-0.39, 0.29) is 0 Å². The smallest absolute Gasteiger partial charge is 0.0296 e. The van der Waals surface area contributed by atoms with Gasteiger partial charge in [0.25, 0.3) is 0 Å². The summed E-state index contributed by atoms with van der Waals surface area (Å²) in [4.78, 5) is 5.36. The third-order valence-electron chi connectivity index (χ3n) is 2.71. The fourth-order valence-corrected chi connectivity index (χ4v) is 2.76. The maximum absolute atomic E-state index is 3.20. The van der Waals surface area contributed by atoms with E-state index in [1.165, 1.54) is 15.3 Å². The van der Waals surface area contributed by atoms with Gasteiger partial charge in [-0.3, -0.25) is 4.90 Å². The molecule has 0 spiro atoms. The largest absolute Gasteiger partial charge is 0.315 e. The summed E-state index contributed by atoms with van der Waals surface area (Å²) in [6.07, 6.45) is 0. The molecular formula is C12H22N2S. The van der Waals surface area contributed by atoms with Crippen LogP contribution in [0.1, 0.15) is 29.2 Å². The van der Waals surface area contributed by atoms with Crippen molar-refractivity contribution in [3.05, 3.63) is 21.4 Å². The molecule has 0 aliphatic heterocycles. The summed E-state index contributed by atoms with van der Waals surface area (Å²) in [6, 6.07) is 2.34. The monoisotopic (exact) mass is 226 g/mol. The molecule has 0 aliphatic rings. The van der Waals surface area contributed by atoms with Gasteiger partial charge in [0.15, 0.2) is 0 Å². The number of hydrogen-bond donors (Lipinski definition) is 1. The van der Waals surface area contributed by atoms with Gasteiger partial charge in [-0.1, -0.05) is 13.8 Å². The van der Waals surface area contributed by atoms with E-state index in [0.29, 0.717) is 0 Å². The van der Waals surface area contributed by atoms with Crippen LogP contribution in [-0.4, -0.2) is 25.0 Å². The molecule has 15 heavy (non-hydrogen) atoms. The van der Waals surface area contributed by atoms with Gasteiger partial charge in [-0.2, -0.15) is 0 Å². The Morgan fingerprint density at radius 3 is 2.53 bits per heavy atom. The van der Waals surface area contributed by atoms with Crippen LogP contribution in [0, 0.1) is 6.92 Å². The first-order valence-electron chi connectivity index (χ1n) is 5.66. The number of nitrogens with zero attached hydrogens (tertiary/aromatic N) is 1. The first-order chi connectivity index (χ1) is 7.21. The van der Waals surface area contributed by atoms with E-state index in [4.69, 9.17) is 0 Å². The maximum Gasteiger partial charge on any atom is 0.0296 e. The Morgan fingerprint density at radius 1 is 1.33 bits per heavy atom. The average molecular weight is 226 g/mol. The molecule has 2 nitrogen and oxygen atoms in total. The normalized spacial score (nSPS) is 11.3. The number of thiophene rings is 1. The van der Waals surface area contributed by atoms with Gasteiger partial charge in [0.2, 0.25) is 0 Å². The van der Waals surface area contributed by atoms with Crippen molar-refractivity contribution in [3.8, 4) is 0 Å². The van der Waals surface area contributed by atoms with Crippen molar-refractivity contribution >= 4 is 11.3 Å². The van der Waals surface area contributed by atoms with Gasteiger partial charge in [-0.05, 0) is 38.7 Å². The Bertz CT molecular complexity index is 290. The highest BCUT2D eigenvalue weighted by molar-refractivity contribution is 7.12. The highest BCUT2D eigenvalue weighted by Crippen LogP contribution is 2.22. The Morgan fingerprint density at radius 2 is 2.00 bits per heavy atom. The summed E-state index contributed by atoms with van der Waals surface area (Å²) < 4.78 is 0. The molecule has 0 saturated heterocycles. The fourth-order valence-electron chi connectivity index (χ4n) is 1.69. The van der Waals surface area contributed by atoms with Crippen LogP contribution in [0.5, 0.6) is 0 Å². The summed E-state index contributed by atoms with van der Waals surface area (Å²) in [5.41, 5.74) is 1.49. The van der Waals surface area contributed by atoms with Crippen molar-refractivity contribution in [2.75, 3.05) is 20.1 Å². The van der Waals surface area contributed by atoms with Crippen LogP contribution in [0.4, 0.5) is 0 Å². The van der Waals surface area contributed by atoms with Crippen LogP contribution in [0.2, 0.25) is 0 Å². The number of aryl methyl sites for hydroxylation is 1. The maximum atomic E-state index is 3.20. The average Bonchev–Trinajstić information content (AvgIpc) is 2.56. The molecular weight excluding hydrogens is 204 g/mol. The molecule has 0 unspecified atom stereocenters. The van der Waals surface area contributed by atoms with Gasteiger partial charge in [-0.25, -0.2) is 0 Å². The second kappa shape index (κ2) is 6.26. The van der Waals surface area contributed by atoms with E-state index in [1.54, 1.807) is 0 Å². The minimum absolute atomic E-state index is 0.990. The predicted octanol–water partition coefficient (Wildman–Crippen LogP) is 2.62. The van der Waals surface area contributed by atoms with Crippen molar-refractivity contribution in [1.82, 2.24) is 10.2 Å². The van der Waals surface area contributed by atoms with Crippen molar-refractivity contribution in [3.63, 3.8) is 0 Å². The van der Waals surface area contributed by atoms with Crippen LogP contribution < -0.4 is 5.32 Å². The Kier molecular flexibility index (Phi) is 5.29. The summed E-state index contributed by atoms with van der Waals surface area (Å²) in [5, 5.41) is 3.20. The molecule has 1 aromatic heterocycles. The number of hydrogen-bond acceptors (Lipinski definition) is 3. The van der Waals surface area contributed by atoms with Crippen LogP contribution >= 0.6 is 11.3 Å². The van der Waals surface area contributed by atoms with Crippen molar-refractivity contribution < 1.29 is 0 Å². The minimum Gasteiger partial charge on any atom is -0.315 e. The lowest BCUT2D eigenvalue weighted by atomic mass is 10.2. The molecule has 0 saturated carbocycles. The first kappa shape index (κ1) is 12.7. The van der Waals surface area contributed by atoms with Crippen LogP contribution in [-0.2, 0) is 13.1 Å². The molecule has 86 valence electrons. The van der Waals surface area contributed by atoms with E-state index >= 15 is 0 Å². The molecule has 0 fully saturated rings. The third kappa shape index (κ3) is 3.59. The second-order valence-corrected chi connectivity index (χ2v) is 5.13. The number of nitrogens with one attached hydrogen (secondary N) is 1. The molecule has 0 atom stereocenters. The zero-order valence-corrected chi connectivity index (χ0v) is 11.1. The van der Waals surface area contributed by atoms with Gasteiger partial charge in [0.05, 0.1) is 0 Å². The Hall–Kier alpha value is -0.380. The highest BCUT2D eigenvalue weighted by atomic mass is 32.1. The predicted molar refractivity (Wildman–Crippen MR) is 68.4 cm³/mol. The zero-order valence-electron chi connectivity index (χ0n) is 10.3. The molecule has 1 rings (SSSR count). The summed E-state index contributed by atoms with van der Waals surface area (Å²) >= 11 is 1.91. The molecule has 1 aromatic rings. The lowest BCUT2D eigenvalue weighted by molar-refractivity contribution is 0.295. The lowest BCUT2D eigenvalue weighted by Crippen LogP contribution is -2.22. The molecule has 0 amide bonds. The second-order valence-electron chi connectivity index (χ2n) is 3.79. The minimum atomic E-state index is 0.990. The third-order valence-corrected chi connectivity index (χ3v) is 3.80. The fraction of sp³-hybridized carbons (Fsp3) is 0.667. The highest BCUT2D eigenvalue weighted by Gasteiger charge is 2.07. The molecule has 3 heteroatoms. The quantitative estimate of drug-likeness (QED) is 0.802. The number of rotatable bonds is 6. The van der Waals surface area contributed by atoms with Crippen LogP contribution in [0.3, 0.4) is 0 Å². The molecule has 0 aromatic carbocycles. The molecule has 1 N–H and O–H groups in total. The Balaban J connectivity index is 2.67. The molecule has 0 bridgehead atoms. The van der Waals surface area contributed by atoms with E-state index in [1.807, 2.05) is 18.4 Å². The van der Waals surface area contributed by atoms with Gasteiger partial charge in [0.1, 0.15) is 0 Å². The van der Waals surface area contributed by atoms with Gasteiger partial charge >= 0.3 is 0 Å². The zero-order chi connectivity index (χ0) is 11.3. The Labute approximate surface area is 97.3 Å². The van der Waals surface area contributed by atoms with Crippen LogP contribution in [0.25, 0.3) is 0 Å². The molecule has 0 radical (unpaired) electrons. The van der Waals surface area contributed by atoms with Gasteiger partial charge in [0, 0.05) is 22.8 Å². The SMILES string of the molecule is CCN(CC)Cc1cc(CNC)sc1C. The topological polar surface area (TPSA) is 15.3 Å². The standard InChI is InChI=1S/C12H22N2S/c1-5-14(6-2)9-11-7-12(8-13-4)15-10(11)3/h7,13H,5-6,8-9H2,1-4H3. The van der Waals surface area contributed by atoms with E-state index in [2.05, 4.69) is 37.1 Å². The van der Waals surface area contributed by atoms with Gasteiger partial charge < -0.3 is 5.32 Å². The van der Waals surface area contributed by atoms with Crippen molar-refractivity contribution in [2.45, 2.75) is 33.9 Å². The lowest BCUT2D eigenvalue weighted by Gasteiger charge is -2.17. The van der Waals surface area contributed by atoms with E-state index < -0.39 is 0 Å².